The molecule has 1 N–H and O–H groups in total. The van der Waals surface area contributed by atoms with Crippen LogP contribution in [-0.2, 0) is 4.79 Å². The number of amides is 1. The molecule has 0 saturated carbocycles. The maximum Gasteiger partial charge on any atom is 0.248 e. The summed E-state index contributed by atoms with van der Waals surface area (Å²) in [6.07, 6.45) is 2.93. The number of anilines is 1. The Kier molecular flexibility index (Phi) is 4.93. The van der Waals surface area contributed by atoms with Gasteiger partial charge in [-0.25, -0.2) is 4.39 Å². The Morgan fingerprint density at radius 2 is 2.00 bits per heavy atom. The van der Waals surface area contributed by atoms with Crippen molar-refractivity contribution in [3.05, 3.63) is 69.4 Å². The van der Waals surface area contributed by atoms with Gasteiger partial charge in [0.1, 0.15) is 5.82 Å². The van der Waals surface area contributed by atoms with Crippen molar-refractivity contribution >= 4 is 45.2 Å². The highest BCUT2D eigenvalue weighted by molar-refractivity contribution is 9.10. The second-order valence-electron chi connectivity index (χ2n) is 3.98. The molecule has 5 heteroatoms. The second kappa shape index (κ2) is 6.68. The highest BCUT2D eigenvalue weighted by Crippen LogP contribution is 2.21. The molecule has 102 valence electrons. The van der Waals surface area contributed by atoms with Gasteiger partial charge in [-0.1, -0.05) is 29.8 Å². The molecule has 0 heterocycles. The van der Waals surface area contributed by atoms with E-state index in [-0.39, 0.29) is 10.9 Å². The normalized spacial score (nSPS) is 10.8. The summed E-state index contributed by atoms with van der Waals surface area (Å²) in [5.74, 6) is -0.765. The van der Waals surface area contributed by atoms with Crippen LogP contribution in [0.5, 0.6) is 0 Å². The lowest BCUT2D eigenvalue weighted by molar-refractivity contribution is -0.111. The quantitative estimate of drug-likeness (QED) is 0.781. The third-order valence-electron chi connectivity index (χ3n) is 2.50. The monoisotopic (exact) mass is 353 g/mol. The molecule has 0 fully saturated rings. The van der Waals surface area contributed by atoms with E-state index in [1.54, 1.807) is 18.2 Å². The average molecular weight is 355 g/mol. The van der Waals surface area contributed by atoms with Gasteiger partial charge in [-0.2, -0.15) is 0 Å². The van der Waals surface area contributed by atoms with Crippen molar-refractivity contribution in [3.63, 3.8) is 0 Å². The van der Waals surface area contributed by atoms with Crippen LogP contribution in [0.4, 0.5) is 10.1 Å². The minimum absolute atomic E-state index is 0.0263. The molecule has 2 aromatic carbocycles. The Bertz CT molecular complexity index is 673. The molecule has 1 amide bonds. The highest BCUT2D eigenvalue weighted by Gasteiger charge is 2.02. The van der Waals surface area contributed by atoms with Crippen LogP contribution >= 0.6 is 27.5 Å². The molecule has 0 aliphatic heterocycles. The molecule has 0 aromatic heterocycles. The Labute approximate surface area is 129 Å². The van der Waals surface area contributed by atoms with E-state index in [9.17, 15) is 9.18 Å². The van der Waals surface area contributed by atoms with Gasteiger partial charge in [0.05, 0.1) is 10.7 Å². The molecular formula is C15H10BrClFNO. The fourth-order valence-electron chi connectivity index (χ4n) is 1.52. The van der Waals surface area contributed by atoms with E-state index in [0.717, 1.165) is 4.47 Å². The third kappa shape index (κ3) is 3.92. The summed E-state index contributed by atoms with van der Waals surface area (Å²) in [4.78, 5) is 11.8. The van der Waals surface area contributed by atoms with Gasteiger partial charge in [0.15, 0.2) is 0 Å². The standard InChI is InChI=1S/C15H10BrClFNO/c16-11-3-1-2-4-14(11)19-15(20)8-6-10-5-7-13(18)12(17)9-10/h1-9H,(H,19,20)/b8-6+. The van der Waals surface area contributed by atoms with Crippen molar-refractivity contribution in [1.82, 2.24) is 0 Å². The largest absolute Gasteiger partial charge is 0.321 e. The van der Waals surface area contributed by atoms with Crippen LogP contribution in [0.25, 0.3) is 6.08 Å². The fourth-order valence-corrected chi connectivity index (χ4v) is 2.10. The van der Waals surface area contributed by atoms with Crippen molar-refractivity contribution in [3.8, 4) is 0 Å². The number of hydrogen-bond donors (Lipinski definition) is 1. The molecule has 0 aliphatic rings. The van der Waals surface area contributed by atoms with Crippen LogP contribution in [0, 0.1) is 5.82 Å². The summed E-state index contributed by atoms with van der Waals surface area (Å²) in [6, 6.07) is 11.6. The minimum atomic E-state index is -0.485. The van der Waals surface area contributed by atoms with Gasteiger partial charge < -0.3 is 5.32 Å². The number of hydrogen-bond acceptors (Lipinski definition) is 1. The first-order valence-corrected chi connectivity index (χ1v) is 6.92. The van der Waals surface area contributed by atoms with Crippen LogP contribution in [0.1, 0.15) is 5.56 Å². The first-order chi connectivity index (χ1) is 9.56. The number of para-hydroxylation sites is 1. The van der Waals surface area contributed by atoms with E-state index in [4.69, 9.17) is 11.6 Å². The van der Waals surface area contributed by atoms with Gasteiger partial charge in [-0.15, -0.1) is 0 Å². The van der Waals surface area contributed by atoms with Crippen LogP contribution in [0.15, 0.2) is 53.0 Å². The summed E-state index contributed by atoms with van der Waals surface area (Å²) in [6.45, 7) is 0. The molecule has 2 rings (SSSR count). The summed E-state index contributed by atoms with van der Waals surface area (Å²) >= 11 is 9.00. The molecule has 2 nitrogen and oxygen atoms in total. The lowest BCUT2D eigenvalue weighted by Crippen LogP contribution is -2.08. The van der Waals surface area contributed by atoms with Crippen LogP contribution in [0.3, 0.4) is 0 Å². The zero-order valence-corrected chi connectivity index (χ0v) is 12.6. The third-order valence-corrected chi connectivity index (χ3v) is 3.48. The van der Waals surface area contributed by atoms with Crippen molar-refractivity contribution in [2.24, 2.45) is 0 Å². The van der Waals surface area contributed by atoms with E-state index >= 15 is 0 Å². The van der Waals surface area contributed by atoms with Gasteiger partial charge in [0.2, 0.25) is 5.91 Å². The molecule has 20 heavy (non-hydrogen) atoms. The van der Waals surface area contributed by atoms with E-state index in [2.05, 4.69) is 21.2 Å². The van der Waals surface area contributed by atoms with E-state index in [1.807, 2.05) is 18.2 Å². The van der Waals surface area contributed by atoms with Gasteiger partial charge in [0.25, 0.3) is 0 Å². The zero-order valence-electron chi connectivity index (χ0n) is 10.2. The molecule has 0 aliphatic carbocycles. The Morgan fingerprint density at radius 3 is 2.70 bits per heavy atom. The van der Waals surface area contributed by atoms with Gasteiger partial charge >= 0.3 is 0 Å². The molecular weight excluding hydrogens is 345 g/mol. The van der Waals surface area contributed by atoms with E-state index < -0.39 is 5.82 Å². The molecule has 0 atom stereocenters. The van der Waals surface area contributed by atoms with Crippen LogP contribution < -0.4 is 5.32 Å². The number of rotatable bonds is 3. The van der Waals surface area contributed by atoms with Crippen molar-refractivity contribution < 1.29 is 9.18 Å². The molecule has 0 spiro atoms. The lowest BCUT2D eigenvalue weighted by atomic mass is 10.2. The number of nitrogens with one attached hydrogen (secondary N) is 1. The van der Waals surface area contributed by atoms with Gasteiger partial charge in [-0.05, 0) is 51.8 Å². The maximum atomic E-state index is 13.0. The summed E-state index contributed by atoms with van der Waals surface area (Å²) in [5, 5.41) is 2.75. The number of halogens is 3. The van der Waals surface area contributed by atoms with Crippen LogP contribution in [0.2, 0.25) is 5.02 Å². The molecule has 0 unspecified atom stereocenters. The van der Waals surface area contributed by atoms with Gasteiger partial charge in [0, 0.05) is 10.5 Å². The summed E-state index contributed by atoms with van der Waals surface area (Å²) < 4.78 is 13.8. The van der Waals surface area contributed by atoms with Gasteiger partial charge in [-0.3, -0.25) is 4.79 Å². The number of benzene rings is 2. The summed E-state index contributed by atoms with van der Waals surface area (Å²) in [7, 11) is 0. The molecule has 0 radical (unpaired) electrons. The van der Waals surface area contributed by atoms with Crippen molar-refractivity contribution in [2.75, 3.05) is 5.32 Å². The van der Waals surface area contributed by atoms with Crippen molar-refractivity contribution in [2.45, 2.75) is 0 Å². The lowest BCUT2D eigenvalue weighted by Gasteiger charge is -2.04. The smallest absolute Gasteiger partial charge is 0.248 e. The van der Waals surface area contributed by atoms with Crippen molar-refractivity contribution in [1.29, 1.82) is 0 Å². The zero-order chi connectivity index (χ0) is 14.5. The molecule has 0 bridgehead atoms. The minimum Gasteiger partial charge on any atom is -0.321 e. The summed E-state index contributed by atoms with van der Waals surface area (Å²) in [5.41, 5.74) is 1.33. The molecule has 2 aromatic rings. The predicted octanol–water partition coefficient (Wildman–Crippen LogP) is 4.89. The predicted molar refractivity (Wildman–Crippen MR) is 83.2 cm³/mol. The highest BCUT2D eigenvalue weighted by atomic mass is 79.9. The Morgan fingerprint density at radius 1 is 1.25 bits per heavy atom. The Hall–Kier alpha value is -1.65. The first kappa shape index (κ1) is 14.8. The topological polar surface area (TPSA) is 29.1 Å². The average Bonchev–Trinajstić information content (AvgIpc) is 2.43. The van der Waals surface area contributed by atoms with Crippen LogP contribution in [-0.4, -0.2) is 5.91 Å². The first-order valence-electron chi connectivity index (χ1n) is 5.75. The fraction of sp³-hybridized carbons (Fsp3) is 0. The second-order valence-corrected chi connectivity index (χ2v) is 5.24. The maximum absolute atomic E-state index is 13.0. The number of carbonyl (C=O) groups excluding carboxylic acids is 1. The number of carbonyl (C=O) groups is 1. The van der Waals surface area contributed by atoms with E-state index in [1.165, 1.54) is 18.2 Å². The SMILES string of the molecule is O=C(/C=C/c1ccc(F)c(Cl)c1)Nc1ccccc1Br. The van der Waals surface area contributed by atoms with E-state index in [0.29, 0.717) is 11.3 Å². The Balaban J connectivity index is 2.06. The molecule has 0 saturated heterocycles.